The van der Waals surface area contributed by atoms with Crippen molar-refractivity contribution in [2.24, 2.45) is 5.73 Å². The van der Waals surface area contributed by atoms with E-state index in [0.717, 1.165) is 26.2 Å². The monoisotopic (exact) mass is 233 g/mol. The minimum atomic E-state index is 0.632. The maximum atomic E-state index is 5.67. The lowest BCUT2D eigenvalue weighted by Crippen LogP contribution is -2.49. The van der Waals surface area contributed by atoms with Crippen LogP contribution in [0.1, 0.15) is 18.1 Å². The molecular formula is C14H23N3. The second-order valence-electron chi connectivity index (χ2n) is 5.09. The van der Waals surface area contributed by atoms with Gasteiger partial charge in [-0.3, -0.25) is 4.90 Å². The molecule has 1 heterocycles. The highest BCUT2D eigenvalue weighted by atomic mass is 15.3. The first-order valence-electron chi connectivity index (χ1n) is 6.39. The van der Waals surface area contributed by atoms with E-state index < -0.39 is 0 Å². The first-order valence-corrected chi connectivity index (χ1v) is 6.39. The van der Waals surface area contributed by atoms with Crippen molar-refractivity contribution in [3.05, 3.63) is 35.4 Å². The van der Waals surface area contributed by atoms with Crippen LogP contribution in [0, 0.1) is 0 Å². The maximum absolute atomic E-state index is 5.67. The lowest BCUT2D eigenvalue weighted by molar-refractivity contribution is 0.1000. The van der Waals surface area contributed by atoms with Crippen molar-refractivity contribution in [3.63, 3.8) is 0 Å². The number of benzene rings is 1. The van der Waals surface area contributed by atoms with Crippen LogP contribution in [0.2, 0.25) is 0 Å². The van der Waals surface area contributed by atoms with Crippen LogP contribution in [-0.2, 0) is 13.1 Å². The topological polar surface area (TPSA) is 32.5 Å². The second-order valence-corrected chi connectivity index (χ2v) is 5.09. The number of likely N-dealkylation sites (N-methyl/N-ethyl adjacent to an activating group) is 1. The SMILES string of the molecule is CC1CN(Cc2cccc(CN)c2)CCN1C. The van der Waals surface area contributed by atoms with E-state index in [1.165, 1.54) is 11.1 Å². The number of hydrogen-bond donors (Lipinski definition) is 1. The molecule has 1 aliphatic rings. The number of nitrogens with zero attached hydrogens (tertiary/aromatic N) is 2. The first-order chi connectivity index (χ1) is 8.19. The third-order valence-corrected chi connectivity index (χ3v) is 3.68. The third kappa shape index (κ3) is 3.28. The van der Waals surface area contributed by atoms with Crippen LogP contribution in [0.4, 0.5) is 0 Å². The average Bonchev–Trinajstić information content (AvgIpc) is 2.34. The van der Waals surface area contributed by atoms with Gasteiger partial charge in [0.15, 0.2) is 0 Å². The Balaban J connectivity index is 1.96. The van der Waals surface area contributed by atoms with E-state index in [2.05, 4.69) is 48.0 Å². The van der Waals surface area contributed by atoms with Gasteiger partial charge in [-0.15, -0.1) is 0 Å². The zero-order valence-electron chi connectivity index (χ0n) is 10.9. The Labute approximate surface area is 104 Å². The molecule has 1 unspecified atom stereocenters. The molecule has 1 aromatic rings. The summed E-state index contributed by atoms with van der Waals surface area (Å²) in [6.07, 6.45) is 0. The quantitative estimate of drug-likeness (QED) is 0.853. The lowest BCUT2D eigenvalue weighted by atomic mass is 10.1. The standard InChI is InChI=1S/C14H23N3/c1-12-10-17(7-6-16(12)2)11-14-5-3-4-13(8-14)9-15/h3-5,8,12H,6-7,9-11,15H2,1-2H3. The van der Waals surface area contributed by atoms with Crippen LogP contribution in [0.3, 0.4) is 0 Å². The number of rotatable bonds is 3. The summed E-state index contributed by atoms with van der Waals surface area (Å²) in [6, 6.07) is 9.28. The van der Waals surface area contributed by atoms with Gasteiger partial charge in [0.05, 0.1) is 0 Å². The molecule has 1 fully saturated rings. The number of piperazine rings is 1. The van der Waals surface area contributed by atoms with E-state index in [4.69, 9.17) is 5.73 Å². The van der Waals surface area contributed by atoms with Gasteiger partial charge >= 0.3 is 0 Å². The summed E-state index contributed by atoms with van der Waals surface area (Å²) < 4.78 is 0. The van der Waals surface area contributed by atoms with Gasteiger partial charge in [-0.1, -0.05) is 24.3 Å². The summed E-state index contributed by atoms with van der Waals surface area (Å²) in [7, 11) is 2.21. The fourth-order valence-electron chi connectivity index (χ4n) is 2.38. The van der Waals surface area contributed by atoms with Crippen LogP contribution in [0.5, 0.6) is 0 Å². The van der Waals surface area contributed by atoms with E-state index in [-0.39, 0.29) is 0 Å². The maximum Gasteiger partial charge on any atom is 0.0235 e. The highest BCUT2D eigenvalue weighted by Crippen LogP contribution is 2.12. The minimum Gasteiger partial charge on any atom is -0.326 e. The van der Waals surface area contributed by atoms with Crippen LogP contribution >= 0.6 is 0 Å². The molecule has 2 N–H and O–H groups in total. The van der Waals surface area contributed by atoms with E-state index in [9.17, 15) is 0 Å². The van der Waals surface area contributed by atoms with E-state index in [0.29, 0.717) is 12.6 Å². The second kappa shape index (κ2) is 5.63. The molecule has 0 aliphatic carbocycles. The Morgan fingerprint density at radius 2 is 2.06 bits per heavy atom. The van der Waals surface area contributed by atoms with Crippen molar-refractivity contribution in [2.45, 2.75) is 26.1 Å². The Morgan fingerprint density at radius 1 is 1.29 bits per heavy atom. The molecule has 1 aromatic carbocycles. The fourth-order valence-corrected chi connectivity index (χ4v) is 2.38. The number of hydrogen-bond acceptors (Lipinski definition) is 3. The Kier molecular flexibility index (Phi) is 4.15. The molecular weight excluding hydrogens is 210 g/mol. The van der Waals surface area contributed by atoms with Gasteiger partial charge in [-0.05, 0) is 25.1 Å². The molecule has 3 nitrogen and oxygen atoms in total. The Hall–Kier alpha value is -0.900. The average molecular weight is 233 g/mol. The van der Waals surface area contributed by atoms with Crippen LogP contribution in [0.15, 0.2) is 24.3 Å². The van der Waals surface area contributed by atoms with Crippen LogP contribution in [0.25, 0.3) is 0 Å². The van der Waals surface area contributed by atoms with E-state index in [1.807, 2.05) is 0 Å². The molecule has 3 heteroatoms. The van der Waals surface area contributed by atoms with Crippen LogP contribution in [-0.4, -0.2) is 42.5 Å². The van der Waals surface area contributed by atoms with Gasteiger partial charge in [0, 0.05) is 38.8 Å². The van der Waals surface area contributed by atoms with Gasteiger partial charge in [0.2, 0.25) is 0 Å². The summed E-state index contributed by atoms with van der Waals surface area (Å²) in [6.45, 7) is 7.45. The van der Waals surface area contributed by atoms with Crippen molar-refractivity contribution in [2.75, 3.05) is 26.7 Å². The van der Waals surface area contributed by atoms with Crippen molar-refractivity contribution in [3.8, 4) is 0 Å². The zero-order valence-corrected chi connectivity index (χ0v) is 10.9. The molecule has 17 heavy (non-hydrogen) atoms. The molecule has 94 valence electrons. The Bertz CT molecular complexity index is 364. The number of nitrogens with two attached hydrogens (primary N) is 1. The van der Waals surface area contributed by atoms with Gasteiger partial charge in [-0.2, -0.15) is 0 Å². The smallest absolute Gasteiger partial charge is 0.0235 e. The zero-order chi connectivity index (χ0) is 12.3. The van der Waals surface area contributed by atoms with E-state index in [1.54, 1.807) is 0 Å². The molecule has 0 spiro atoms. The molecule has 0 saturated carbocycles. The molecule has 0 radical (unpaired) electrons. The molecule has 1 atom stereocenters. The highest BCUT2D eigenvalue weighted by molar-refractivity contribution is 5.23. The molecule has 1 aliphatic heterocycles. The summed E-state index contributed by atoms with van der Waals surface area (Å²) in [5, 5.41) is 0. The molecule has 0 bridgehead atoms. The summed E-state index contributed by atoms with van der Waals surface area (Å²) in [5.74, 6) is 0. The lowest BCUT2D eigenvalue weighted by Gasteiger charge is -2.37. The van der Waals surface area contributed by atoms with Gasteiger partial charge in [0.25, 0.3) is 0 Å². The predicted octanol–water partition coefficient (Wildman–Crippen LogP) is 1.28. The minimum absolute atomic E-state index is 0.632. The first kappa shape index (κ1) is 12.6. The third-order valence-electron chi connectivity index (χ3n) is 3.68. The molecule has 0 amide bonds. The largest absolute Gasteiger partial charge is 0.326 e. The fraction of sp³-hybridized carbons (Fsp3) is 0.571. The molecule has 2 rings (SSSR count). The van der Waals surface area contributed by atoms with Crippen molar-refractivity contribution >= 4 is 0 Å². The molecule has 0 aromatic heterocycles. The normalized spacial score (nSPS) is 22.9. The van der Waals surface area contributed by atoms with E-state index >= 15 is 0 Å². The van der Waals surface area contributed by atoms with Crippen molar-refractivity contribution < 1.29 is 0 Å². The van der Waals surface area contributed by atoms with Crippen LogP contribution < -0.4 is 5.73 Å². The van der Waals surface area contributed by atoms with Crippen molar-refractivity contribution in [1.29, 1.82) is 0 Å². The highest BCUT2D eigenvalue weighted by Gasteiger charge is 2.20. The van der Waals surface area contributed by atoms with Gasteiger partial charge in [0.1, 0.15) is 0 Å². The summed E-state index contributed by atoms with van der Waals surface area (Å²) >= 11 is 0. The summed E-state index contributed by atoms with van der Waals surface area (Å²) in [4.78, 5) is 4.95. The van der Waals surface area contributed by atoms with Gasteiger partial charge in [-0.25, -0.2) is 0 Å². The summed E-state index contributed by atoms with van der Waals surface area (Å²) in [5.41, 5.74) is 8.28. The molecule has 1 saturated heterocycles. The Morgan fingerprint density at radius 3 is 2.76 bits per heavy atom. The predicted molar refractivity (Wildman–Crippen MR) is 71.7 cm³/mol. The van der Waals surface area contributed by atoms with Gasteiger partial charge < -0.3 is 10.6 Å². The van der Waals surface area contributed by atoms with Crippen molar-refractivity contribution in [1.82, 2.24) is 9.80 Å².